The zero-order valence-corrected chi connectivity index (χ0v) is 18.1. The second-order valence-electron chi connectivity index (χ2n) is 6.66. The van der Waals surface area contributed by atoms with E-state index < -0.39 is 0 Å². The number of hydrogen-bond donors (Lipinski definition) is 0. The highest BCUT2D eigenvalue weighted by atomic mass is 35.5. The summed E-state index contributed by atoms with van der Waals surface area (Å²) in [5.74, 6) is 0.743. The van der Waals surface area contributed by atoms with Crippen molar-refractivity contribution < 1.29 is 4.39 Å². The Morgan fingerprint density at radius 3 is 2.55 bits per heavy atom. The Balaban J connectivity index is 1.62. The summed E-state index contributed by atoms with van der Waals surface area (Å²) in [6, 6.07) is 12.2. The van der Waals surface area contributed by atoms with Crippen molar-refractivity contribution in [3.63, 3.8) is 0 Å². The quantitative estimate of drug-likeness (QED) is 0.349. The third kappa shape index (κ3) is 4.25. The highest BCUT2D eigenvalue weighted by molar-refractivity contribution is 7.98. The lowest BCUT2D eigenvalue weighted by molar-refractivity contribution is 0.627. The smallest absolute Gasteiger partial charge is 0.216 e. The van der Waals surface area contributed by atoms with Crippen LogP contribution in [0, 0.1) is 19.7 Å². The molecule has 0 aliphatic rings. The molecule has 29 heavy (non-hydrogen) atoms. The van der Waals surface area contributed by atoms with Crippen molar-refractivity contribution in [1.29, 1.82) is 0 Å². The summed E-state index contributed by atoms with van der Waals surface area (Å²) >= 11 is 13.9. The number of fused-ring (bicyclic) bond motifs is 1. The molecule has 2 heterocycles. The summed E-state index contributed by atoms with van der Waals surface area (Å²) in [6.45, 7) is 3.98. The van der Waals surface area contributed by atoms with Crippen LogP contribution in [-0.2, 0) is 12.2 Å². The van der Waals surface area contributed by atoms with Gasteiger partial charge in [0.2, 0.25) is 5.16 Å². The lowest BCUT2D eigenvalue weighted by Gasteiger charge is -2.11. The minimum atomic E-state index is -0.351. The lowest BCUT2D eigenvalue weighted by Crippen LogP contribution is -2.06. The van der Waals surface area contributed by atoms with Crippen LogP contribution in [0.15, 0.2) is 47.6 Å². The van der Waals surface area contributed by atoms with Gasteiger partial charge in [0.05, 0.1) is 0 Å². The van der Waals surface area contributed by atoms with E-state index in [1.807, 2.05) is 38.1 Å². The predicted octanol–water partition coefficient (Wildman–Crippen LogP) is 6.07. The Morgan fingerprint density at radius 2 is 1.79 bits per heavy atom. The molecule has 0 atom stereocenters. The number of thioether (sulfide) groups is 1. The molecular formula is C21H17Cl2FN4S. The molecule has 2 aromatic heterocycles. The molecule has 4 rings (SSSR count). The first-order valence-electron chi connectivity index (χ1n) is 8.95. The number of benzene rings is 2. The van der Waals surface area contributed by atoms with Crippen molar-refractivity contribution in [2.24, 2.45) is 0 Å². The Labute approximate surface area is 182 Å². The molecule has 0 bridgehead atoms. The summed E-state index contributed by atoms with van der Waals surface area (Å²) in [5, 5.41) is 6.32. The van der Waals surface area contributed by atoms with Gasteiger partial charge in [0.15, 0.2) is 0 Å². The molecule has 0 fully saturated rings. The molecule has 0 N–H and O–H groups in total. The van der Waals surface area contributed by atoms with Crippen molar-refractivity contribution in [3.05, 3.63) is 86.4 Å². The van der Waals surface area contributed by atoms with Gasteiger partial charge in [0.1, 0.15) is 5.82 Å². The number of halogens is 3. The van der Waals surface area contributed by atoms with Gasteiger partial charge in [-0.3, -0.25) is 0 Å². The van der Waals surface area contributed by atoms with Crippen LogP contribution in [-0.4, -0.2) is 19.6 Å². The molecule has 0 saturated carbocycles. The molecule has 148 valence electrons. The molecule has 0 unspecified atom stereocenters. The fourth-order valence-electron chi connectivity index (χ4n) is 3.12. The van der Waals surface area contributed by atoms with E-state index in [-0.39, 0.29) is 5.82 Å². The standard InChI is InChI=1S/C21H17Cl2FN4S/c1-12-17(9-14-5-3-4-6-18(14)22)13(2)28-20(25-12)26-21(27-28)29-11-15-7-8-16(24)10-19(15)23/h3-8,10H,9,11H2,1-2H3. The van der Waals surface area contributed by atoms with Gasteiger partial charge < -0.3 is 0 Å². The van der Waals surface area contributed by atoms with Gasteiger partial charge in [0, 0.05) is 33.6 Å². The van der Waals surface area contributed by atoms with Crippen molar-refractivity contribution in [2.75, 3.05) is 0 Å². The molecule has 0 aliphatic heterocycles. The summed E-state index contributed by atoms with van der Waals surface area (Å²) in [4.78, 5) is 9.15. The first-order chi connectivity index (χ1) is 13.9. The predicted molar refractivity (Wildman–Crippen MR) is 115 cm³/mol. The molecule has 0 amide bonds. The van der Waals surface area contributed by atoms with Crippen LogP contribution < -0.4 is 0 Å². The summed E-state index contributed by atoms with van der Waals surface area (Å²) in [6.07, 6.45) is 0.674. The minimum Gasteiger partial charge on any atom is -0.216 e. The number of nitrogens with zero attached hydrogens (tertiary/aromatic N) is 4. The second-order valence-corrected chi connectivity index (χ2v) is 8.42. The second kappa shape index (κ2) is 8.30. The van der Waals surface area contributed by atoms with Crippen molar-refractivity contribution in [1.82, 2.24) is 19.6 Å². The van der Waals surface area contributed by atoms with E-state index in [0.29, 0.717) is 28.1 Å². The van der Waals surface area contributed by atoms with Gasteiger partial charge in [-0.05, 0) is 48.7 Å². The van der Waals surface area contributed by atoms with E-state index in [2.05, 4.69) is 15.1 Å². The van der Waals surface area contributed by atoms with E-state index in [9.17, 15) is 4.39 Å². The van der Waals surface area contributed by atoms with Gasteiger partial charge in [0.25, 0.3) is 5.78 Å². The van der Waals surface area contributed by atoms with Gasteiger partial charge in [-0.1, -0.05) is 59.2 Å². The van der Waals surface area contributed by atoms with Crippen molar-refractivity contribution in [3.8, 4) is 0 Å². The molecule has 2 aromatic carbocycles. The number of rotatable bonds is 5. The number of aromatic nitrogens is 4. The average molecular weight is 447 g/mol. The third-order valence-electron chi connectivity index (χ3n) is 4.73. The van der Waals surface area contributed by atoms with Crippen LogP contribution in [0.25, 0.3) is 5.78 Å². The fourth-order valence-corrected chi connectivity index (χ4v) is 4.46. The van der Waals surface area contributed by atoms with E-state index in [1.54, 1.807) is 10.6 Å². The average Bonchev–Trinajstić information content (AvgIpc) is 3.09. The monoisotopic (exact) mass is 446 g/mol. The number of hydrogen-bond acceptors (Lipinski definition) is 4. The van der Waals surface area contributed by atoms with Crippen molar-refractivity contribution >= 4 is 40.7 Å². The minimum absolute atomic E-state index is 0.351. The van der Waals surface area contributed by atoms with Gasteiger partial charge >= 0.3 is 0 Å². The van der Waals surface area contributed by atoms with E-state index in [1.165, 1.54) is 23.9 Å². The zero-order valence-electron chi connectivity index (χ0n) is 15.8. The van der Waals surface area contributed by atoms with Crippen LogP contribution in [0.5, 0.6) is 0 Å². The van der Waals surface area contributed by atoms with Gasteiger partial charge in [-0.25, -0.2) is 13.9 Å². The summed E-state index contributed by atoms with van der Waals surface area (Å²) in [5.41, 5.74) is 4.83. The molecule has 4 nitrogen and oxygen atoms in total. The Kier molecular flexibility index (Phi) is 5.76. The maximum absolute atomic E-state index is 13.2. The highest BCUT2D eigenvalue weighted by Gasteiger charge is 2.15. The fraction of sp³-hybridized carbons (Fsp3) is 0.190. The first kappa shape index (κ1) is 20.1. The lowest BCUT2D eigenvalue weighted by atomic mass is 10.0. The molecule has 0 radical (unpaired) electrons. The maximum Gasteiger partial charge on any atom is 0.253 e. The van der Waals surface area contributed by atoms with Crippen LogP contribution in [0.2, 0.25) is 10.0 Å². The Bertz CT molecular complexity index is 1210. The topological polar surface area (TPSA) is 43.1 Å². The van der Waals surface area contributed by atoms with Gasteiger partial charge in [-0.2, -0.15) is 4.98 Å². The van der Waals surface area contributed by atoms with E-state index in [4.69, 9.17) is 23.2 Å². The summed E-state index contributed by atoms with van der Waals surface area (Å²) in [7, 11) is 0. The Hall–Kier alpha value is -2.15. The molecule has 0 saturated heterocycles. The molecule has 8 heteroatoms. The zero-order chi connectivity index (χ0) is 20.5. The summed E-state index contributed by atoms with van der Waals surface area (Å²) < 4.78 is 15.0. The largest absolute Gasteiger partial charge is 0.253 e. The van der Waals surface area contributed by atoms with Crippen LogP contribution in [0.4, 0.5) is 4.39 Å². The van der Waals surface area contributed by atoms with E-state index >= 15 is 0 Å². The maximum atomic E-state index is 13.2. The molecule has 0 aliphatic carbocycles. The highest BCUT2D eigenvalue weighted by Crippen LogP contribution is 2.27. The van der Waals surface area contributed by atoms with Crippen LogP contribution >= 0.6 is 35.0 Å². The first-order valence-corrected chi connectivity index (χ1v) is 10.7. The number of aryl methyl sites for hydroxylation is 2. The third-order valence-corrected chi connectivity index (χ3v) is 6.33. The SMILES string of the molecule is Cc1nc2nc(SCc3ccc(F)cc3Cl)nn2c(C)c1Cc1ccccc1Cl. The van der Waals surface area contributed by atoms with E-state index in [0.717, 1.165) is 33.1 Å². The van der Waals surface area contributed by atoms with Crippen LogP contribution in [0.3, 0.4) is 0 Å². The molecule has 4 aromatic rings. The Morgan fingerprint density at radius 1 is 1.00 bits per heavy atom. The van der Waals surface area contributed by atoms with Crippen LogP contribution in [0.1, 0.15) is 28.1 Å². The van der Waals surface area contributed by atoms with Crippen molar-refractivity contribution in [2.45, 2.75) is 31.2 Å². The normalized spacial score (nSPS) is 11.3. The van der Waals surface area contributed by atoms with Gasteiger partial charge in [-0.15, -0.1) is 5.10 Å². The molecule has 0 spiro atoms. The molecular weight excluding hydrogens is 430 g/mol.